The van der Waals surface area contributed by atoms with E-state index in [0.29, 0.717) is 0 Å². The Labute approximate surface area is 94.4 Å². The summed E-state index contributed by atoms with van der Waals surface area (Å²) in [5.74, 6) is -3.40. The second-order valence-corrected chi connectivity index (χ2v) is 3.04. The number of aliphatic hydroxyl groups excluding tert-OH is 1. The smallest absolute Gasteiger partial charge is 0.333 e. The van der Waals surface area contributed by atoms with Crippen LogP contribution in [0.5, 0.6) is 0 Å². The number of rotatable bonds is 6. The lowest BCUT2D eigenvalue weighted by molar-refractivity contribution is -0.242. The van der Waals surface area contributed by atoms with Crippen LogP contribution in [-0.2, 0) is 19.1 Å². The molecule has 0 aromatic rings. The standard InChI is InChI=1S/C11H15O5/c1-5-8(12)11(4,15-9(13)6-2)16-10(14)7-3/h5-8,12H,2-3H2,1,4H3. The Hall–Kier alpha value is -1.62. The van der Waals surface area contributed by atoms with Gasteiger partial charge >= 0.3 is 11.9 Å². The summed E-state index contributed by atoms with van der Waals surface area (Å²) in [7, 11) is 0. The summed E-state index contributed by atoms with van der Waals surface area (Å²) < 4.78 is 9.57. The van der Waals surface area contributed by atoms with Gasteiger partial charge in [-0.3, -0.25) is 0 Å². The summed E-state index contributed by atoms with van der Waals surface area (Å²) in [6, 6.07) is 0. The van der Waals surface area contributed by atoms with E-state index < -0.39 is 23.8 Å². The molecule has 0 aliphatic rings. The van der Waals surface area contributed by atoms with Crippen molar-refractivity contribution >= 4 is 11.9 Å². The molecule has 1 unspecified atom stereocenters. The quantitative estimate of drug-likeness (QED) is 0.411. The lowest BCUT2D eigenvalue weighted by atomic mass is 10.1. The van der Waals surface area contributed by atoms with E-state index in [2.05, 4.69) is 13.2 Å². The van der Waals surface area contributed by atoms with E-state index in [0.717, 1.165) is 12.2 Å². The minimum absolute atomic E-state index is 0.805. The fourth-order valence-corrected chi connectivity index (χ4v) is 0.927. The molecule has 0 aromatic carbocycles. The van der Waals surface area contributed by atoms with Crippen molar-refractivity contribution in [2.75, 3.05) is 0 Å². The minimum Gasteiger partial charge on any atom is -0.417 e. The minimum atomic E-state index is -1.79. The first kappa shape index (κ1) is 14.4. The second-order valence-electron chi connectivity index (χ2n) is 3.04. The van der Waals surface area contributed by atoms with Crippen molar-refractivity contribution in [2.45, 2.75) is 25.7 Å². The number of carbonyl (C=O) groups is 2. The van der Waals surface area contributed by atoms with Crippen LogP contribution in [0.3, 0.4) is 0 Å². The summed E-state index contributed by atoms with van der Waals surface area (Å²) >= 11 is 0. The highest BCUT2D eigenvalue weighted by atomic mass is 16.7. The van der Waals surface area contributed by atoms with E-state index in [1.807, 2.05) is 0 Å². The van der Waals surface area contributed by atoms with Crippen LogP contribution in [0.15, 0.2) is 25.3 Å². The largest absolute Gasteiger partial charge is 0.417 e. The molecule has 0 aromatic heterocycles. The van der Waals surface area contributed by atoms with Crippen LogP contribution in [-0.4, -0.2) is 28.9 Å². The van der Waals surface area contributed by atoms with Crippen molar-refractivity contribution in [1.82, 2.24) is 0 Å². The van der Waals surface area contributed by atoms with Crippen LogP contribution in [0.25, 0.3) is 0 Å². The Morgan fingerprint density at radius 1 is 1.25 bits per heavy atom. The summed E-state index contributed by atoms with van der Waals surface area (Å²) in [6.07, 6.45) is 1.89. The van der Waals surface area contributed by atoms with Crippen LogP contribution >= 0.6 is 0 Å². The van der Waals surface area contributed by atoms with Crippen LogP contribution in [0.4, 0.5) is 0 Å². The van der Waals surface area contributed by atoms with Crippen molar-refractivity contribution in [3.05, 3.63) is 31.7 Å². The molecule has 0 bridgehead atoms. The van der Waals surface area contributed by atoms with E-state index in [-0.39, 0.29) is 0 Å². The molecule has 89 valence electrons. The van der Waals surface area contributed by atoms with Gasteiger partial charge in [0.1, 0.15) is 6.10 Å². The van der Waals surface area contributed by atoms with Gasteiger partial charge in [0.15, 0.2) is 0 Å². The van der Waals surface area contributed by atoms with Crippen molar-refractivity contribution in [3.8, 4) is 0 Å². The fraction of sp³-hybridized carbons (Fsp3) is 0.364. The molecular formula is C11H15O5. The molecule has 16 heavy (non-hydrogen) atoms. The maximum atomic E-state index is 11.0. The lowest BCUT2D eigenvalue weighted by Gasteiger charge is -2.31. The number of ether oxygens (including phenoxy) is 2. The van der Waals surface area contributed by atoms with Gasteiger partial charge in [-0.25, -0.2) is 9.59 Å². The van der Waals surface area contributed by atoms with Gasteiger partial charge in [-0.15, -0.1) is 0 Å². The molecule has 0 spiro atoms. The topological polar surface area (TPSA) is 72.8 Å². The Kier molecular flexibility index (Phi) is 5.46. The zero-order valence-electron chi connectivity index (χ0n) is 9.30. The summed E-state index contributed by atoms with van der Waals surface area (Å²) in [5, 5.41) is 9.59. The van der Waals surface area contributed by atoms with Crippen molar-refractivity contribution < 1.29 is 24.2 Å². The molecule has 5 heteroatoms. The van der Waals surface area contributed by atoms with Crippen LogP contribution < -0.4 is 0 Å². The normalized spacial score (nSPS) is 12.4. The number of hydrogen-bond donors (Lipinski definition) is 1. The first-order valence-corrected chi connectivity index (χ1v) is 4.58. The van der Waals surface area contributed by atoms with E-state index in [1.54, 1.807) is 0 Å². The van der Waals surface area contributed by atoms with Gasteiger partial charge in [0.05, 0.1) is 0 Å². The molecule has 0 aliphatic carbocycles. The Bertz CT molecular complexity index is 273. The van der Waals surface area contributed by atoms with Crippen LogP contribution in [0.1, 0.15) is 13.8 Å². The Balaban J connectivity index is 4.86. The number of hydrogen-bond acceptors (Lipinski definition) is 5. The van der Waals surface area contributed by atoms with E-state index in [4.69, 9.17) is 9.47 Å². The molecule has 0 amide bonds. The maximum Gasteiger partial charge on any atom is 0.333 e. The molecule has 0 fully saturated rings. The third kappa shape index (κ3) is 3.86. The molecule has 1 radical (unpaired) electrons. The molecule has 0 rings (SSSR count). The Morgan fingerprint density at radius 2 is 1.62 bits per heavy atom. The molecule has 1 N–H and O–H groups in total. The van der Waals surface area contributed by atoms with Gasteiger partial charge in [0.25, 0.3) is 5.79 Å². The van der Waals surface area contributed by atoms with Gasteiger partial charge in [-0.05, 0) is 6.42 Å². The SMILES string of the molecule is C=CC(=O)OC(C)(OC(=O)C=C)C(O)[CH]C. The molecule has 1 atom stereocenters. The predicted molar refractivity (Wildman–Crippen MR) is 57.0 cm³/mol. The third-order valence-corrected chi connectivity index (χ3v) is 1.79. The molecular weight excluding hydrogens is 212 g/mol. The van der Waals surface area contributed by atoms with E-state index >= 15 is 0 Å². The first-order chi connectivity index (χ1) is 7.39. The number of carbonyl (C=O) groups excluding carboxylic acids is 2. The van der Waals surface area contributed by atoms with Crippen molar-refractivity contribution in [3.63, 3.8) is 0 Å². The monoisotopic (exact) mass is 227 g/mol. The predicted octanol–water partition coefficient (Wildman–Crippen LogP) is 0.746. The van der Waals surface area contributed by atoms with Crippen molar-refractivity contribution in [2.24, 2.45) is 0 Å². The number of aliphatic hydroxyl groups is 1. The summed E-state index contributed by atoms with van der Waals surface area (Å²) in [4.78, 5) is 22.1. The maximum absolute atomic E-state index is 11.0. The molecule has 0 saturated carbocycles. The third-order valence-electron chi connectivity index (χ3n) is 1.79. The highest BCUT2D eigenvalue weighted by Gasteiger charge is 2.39. The highest BCUT2D eigenvalue weighted by molar-refractivity contribution is 5.83. The second kappa shape index (κ2) is 6.07. The van der Waals surface area contributed by atoms with E-state index in [1.165, 1.54) is 20.3 Å². The van der Waals surface area contributed by atoms with E-state index in [9.17, 15) is 14.7 Å². The fourth-order valence-electron chi connectivity index (χ4n) is 0.927. The average molecular weight is 227 g/mol. The molecule has 0 aliphatic heterocycles. The molecule has 0 heterocycles. The number of esters is 2. The van der Waals surface area contributed by atoms with Gasteiger partial charge < -0.3 is 14.6 Å². The molecule has 5 nitrogen and oxygen atoms in total. The zero-order valence-corrected chi connectivity index (χ0v) is 9.30. The Morgan fingerprint density at radius 3 is 1.88 bits per heavy atom. The van der Waals surface area contributed by atoms with Gasteiger partial charge in [-0.1, -0.05) is 20.1 Å². The van der Waals surface area contributed by atoms with Gasteiger partial charge in [-0.2, -0.15) is 0 Å². The summed E-state index contributed by atoms with van der Waals surface area (Å²) in [6.45, 7) is 9.20. The average Bonchev–Trinajstić information content (AvgIpc) is 2.27. The van der Waals surface area contributed by atoms with Gasteiger partial charge in [0, 0.05) is 19.1 Å². The van der Waals surface area contributed by atoms with Crippen molar-refractivity contribution in [1.29, 1.82) is 0 Å². The van der Waals surface area contributed by atoms with Crippen LogP contribution in [0.2, 0.25) is 0 Å². The van der Waals surface area contributed by atoms with Gasteiger partial charge in [0.2, 0.25) is 0 Å². The van der Waals surface area contributed by atoms with Crippen LogP contribution in [0, 0.1) is 6.42 Å². The highest BCUT2D eigenvalue weighted by Crippen LogP contribution is 2.20. The first-order valence-electron chi connectivity index (χ1n) is 4.58. The lowest BCUT2D eigenvalue weighted by Crippen LogP contribution is -2.47. The summed E-state index contributed by atoms with van der Waals surface area (Å²) in [5.41, 5.74) is 0. The molecule has 0 saturated heterocycles. The zero-order chi connectivity index (χ0) is 12.8.